The van der Waals surface area contributed by atoms with Crippen molar-refractivity contribution in [1.82, 2.24) is 14.5 Å². The molecule has 2 heterocycles. The third-order valence-corrected chi connectivity index (χ3v) is 4.10. The Morgan fingerprint density at radius 1 is 1.38 bits per heavy atom. The number of aromatic nitrogens is 2. The van der Waals surface area contributed by atoms with Crippen LogP contribution in [-0.4, -0.2) is 38.8 Å². The van der Waals surface area contributed by atoms with E-state index in [1.807, 2.05) is 31.2 Å². The van der Waals surface area contributed by atoms with Gasteiger partial charge < -0.3 is 5.11 Å². The highest BCUT2D eigenvalue weighted by atomic mass is 16.3. The molecule has 0 amide bonds. The molecule has 0 unspecified atom stereocenters. The van der Waals surface area contributed by atoms with E-state index in [4.69, 9.17) is 0 Å². The number of para-hydroxylation sites is 1. The summed E-state index contributed by atoms with van der Waals surface area (Å²) in [5, 5.41) is 10.4. The van der Waals surface area contributed by atoms with E-state index in [-0.39, 0.29) is 11.7 Å². The third-order valence-electron chi connectivity index (χ3n) is 4.10. The Bertz CT molecular complexity index is 695. The van der Waals surface area contributed by atoms with Gasteiger partial charge in [-0.15, -0.1) is 0 Å². The maximum atomic E-state index is 12.5. The smallest absolute Gasteiger partial charge is 0.261 e. The van der Waals surface area contributed by atoms with Crippen LogP contribution in [0.2, 0.25) is 0 Å². The lowest BCUT2D eigenvalue weighted by Gasteiger charge is -2.30. The van der Waals surface area contributed by atoms with Crippen molar-refractivity contribution in [2.45, 2.75) is 39.0 Å². The van der Waals surface area contributed by atoms with Crippen LogP contribution >= 0.6 is 0 Å². The second-order valence-corrected chi connectivity index (χ2v) is 5.63. The molecule has 5 heteroatoms. The summed E-state index contributed by atoms with van der Waals surface area (Å²) < 4.78 is 1.74. The zero-order valence-electron chi connectivity index (χ0n) is 12.3. The first-order valence-electron chi connectivity index (χ1n) is 7.58. The van der Waals surface area contributed by atoms with Crippen LogP contribution in [0, 0.1) is 0 Å². The Balaban J connectivity index is 1.99. The molecule has 0 bridgehead atoms. The molecule has 1 saturated heterocycles. The zero-order valence-corrected chi connectivity index (χ0v) is 12.3. The molecule has 0 spiro atoms. The van der Waals surface area contributed by atoms with Crippen LogP contribution in [0.4, 0.5) is 0 Å². The first-order chi connectivity index (χ1) is 10.2. The minimum atomic E-state index is -0.263. The minimum absolute atomic E-state index is 0.0238. The Labute approximate surface area is 123 Å². The lowest BCUT2D eigenvalue weighted by atomic mass is 10.1. The number of rotatable bonds is 3. The molecule has 1 aromatic carbocycles. The fourth-order valence-corrected chi connectivity index (χ4v) is 3.04. The van der Waals surface area contributed by atoms with Crippen LogP contribution in [0.15, 0.2) is 29.1 Å². The predicted octanol–water partition coefficient (Wildman–Crippen LogP) is 1.37. The summed E-state index contributed by atoms with van der Waals surface area (Å²) in [5.74, 6) is 0.787. The van der Waals surface area contributed by atoms with Gasteiger partial charge in [0, 0.05) is 13.1 Å². The van der Waals surface area contributed by atoms with E-state index in [2.05, 4.69) is 9.88 Å². The van der Waals surface area contributed by atoms with E-state index in [9.17, 15) is 9.90 Å². The van der Waals surface area contributed by atoms with Gasteiger partial charge in [-0.2, -0.15) is 0 Å². The number of β-amino-alcohol motifs (C(OH)–C–C–N with tert-alkyl or cyclic N) is 1. The van der Waals surface area contributed by atoms with Crippen LogP contribution < -0.4 is 5.56 Å². The summed E-state index contributed by atoms with van der Waals surface area (Å²) in [6.45, 7) is 4.80. The largest absolute Gasteiger partial charge is 0.392 e. The molecular formula is C16H21N3O2. The molecule has 0 radical (unpaired) electrons. The standard InChI is InChI=1S/C16H21N3O2/c1-2-19-15(11-18-9-5-6-12(20)10-18)17-14-8-4-3-7-13(14)16(19)21/h3-4,7-8,12,20H,2,5-6,9-11H2,1H3/t12-/m0/s1. The molecule has 112 valence electrons. The number of aliphatic hydroxyl groups excluding tert-OH is 1. The second-order valence-electron chi connectivity index (χ2n) is 5.63. The highest BCUT2D eigenvalue weighted by Gasteiger charge is 2.20. The van der Waals surface area contributed by atoms with Crippen molar-refractivity contribution in [2.24, 2.45) is 0 Å². The summed E-state index contributed by atoms with van der Waals surface area (Å²) in [5.41, 5.74) is 0.774. The topological polar surface area (TPSA) is 58.4 Å². The second kappa shape index (κ2) is 5.95. The van der Waals surface area contributed by atoms with Crippen LogP contribution in [0.1, 0.15) is 25.6 Å². The van der Waals surface area contributed by atoms with Crippen molar-refractivity contribution >= 4 is 10.9 Å². The number of aliphatic hydroxyl groups is 1. The van der Waals surface area contributed by atoms with Gasteiger partial charge in [-0.3, -0.25) is 14.3 Å². The van der Waals surface area contributed by atoms with Crippen molar-refractivity contribution < 1.29 is 5.11 Å². The molecule has 1 atom stereocenters. The van der Waals surface area contributed by atoms with Gasteiger partial charge in [-0.05, 0) is 38.4 Å². The lowest BCUT2D eigenvalue weighted by Crippen LogP contribution is -2.39. The highest BCUT2D eigenvalue weighted by Crippen LogP contribution is 2.14. The van der Waals surface area contributed by atoms with Gasteiger partial charge in [0.05, 0.1) is 23.6 Å². The summed E-state index contributed by atoms with van der Waals surface area (Å²) >= 11 is 0. The van der Waals surface area contributed by atoms with Crippen LogP contribution in [0.3, 0.4) is 0 Å². The molecule has 21 heavy (non-hydrogen) atoms. The molecule has 1 N–H and O–H groups in total. The SMILES string of the molecule is CCn1c(CN2CCC[C@H](O)C2)nc2ccccc2c1=O. The number of fused-ring (bicyclic) bond motifs is 1. The van der Waals surface area contributed by atoms with E-state index < -0.39 is 0 Å². The average Bonchev–Trinajstić information content (AvgIpc) is 2.48. The van der Waals surface area contributed by atoms with Gasteiger partial charge in [0.2, 0.25) is 0 Å². The van der Waals surface area contributed by atoms with E-state index in [0.717, 1.165) is 30.7 Å². The number of piperidine rings is 1. The number of likely N-dealkylation sites (tertiary alicyclic amines) is 1. The molecule has 1 fully saturated rings. The Morgan fingerprint density at radius 3 is 2.95 bits per heavy atom. The van der Waals surface area contributed by atoms with E-state index in [0.29, 0.717) is 25.0 Å². The third kappa shape index (κ3) is 2.84. The lowest BCUT2D eigenvalue weighted by molar-refractivity contribution is 0.0647. The predicted molar refractivity (Wildman–Crippen MR) is 82.2 cm³/mol. The Kier molecular flexibility index (Phi) is 4.03. The summed E-state index contributed by atoms with van der Waals surface area (Å²) in [4.78, 5) is 19.4. The van der Waals surface area contributed by atoms with Crippen molar-refractivity contribution in [1.29, 1.82) is 0 Å². The van der Waals surface area contributed by atoms with Crippen molar-refractivity contribution in [3.8, 4) is 0 Å². The van der Waals surface area contributed by atoms with Gasteiger partial charge in [0.25, 0.3) is 5.56 Å². The average molecular weight is 287 g/mol. The van der Waals surface area contributed by atoms with Crippen molar-refractivity contribution in [2.75, 3.05) is 13.1 Å². The van der Waals surface area contributed by atoms with Gasteiger partial charge >= 0.3 is 0 Å². The van der Waals surface area contributed by atoms with Crippen molar-refractivity contribution in [3.63, 3.8) is 0 Å². The quantitative estimate of drug-likeness (QED) is 0.926. The monoisotopic (exact) mass is 287 g/mol. The van der Waals surface area contributed by atoms with Crippen LogP contribution in [-0.2, 0) is 13.1 Å². The molecule has 3 rings (SSSR count). The molecule has 0 aliphatic carbocycles. The maximum absolute atomic E-state index is 12.5. The Morgan fingerprint density at radius 2 is 2.19 bits per heavy atom. The highest BCUT2D eigenvalue weighted by molar-refractivity contribution is 5.77. The van der Waals surface area contributed by atoms with Crippen LogP contribution in [0.5, 0.6) is 0 Å². The summed E-state index contributed by atoms with van der Waals surface area (Å²) in [6, 6.07) is 7.47. The minimum Gasteiger partial charge on any atom is -0.392 e. The number of benzene rings is 1. The van der Waals surface area contributed by atoms with E-state index >= 15 is 0 Å². The van der Waals surface area contributed by atoms with Gasteiger partial charge in [-0.25, -0.2) is 4.98 Å². The number of hydrogen-bond acceptors (Lipinski definition) is 4. The number of nitrogens with zero attached hydrogens (tertiary/aromatic N) is 3. The molecule has 1 aliphatic heterocycles. The normalized spacial score (nSPS) is 20.0. The number of hydrogen-bond donors (Lipinski definition) is 1. The van der Waals surface area contributed by atoms with Gasteiger partial charge in [0.1, 0.15) is 5.82 Å². The fraction of sp³-hybridized carbons (Fsp3) is 0.500. The van der Waals surface area contributed by atoms with Crippen molar-refractivity contribution in [3.05, 3.63) is 40.4 Å². The van der Waals surface area contributed by atoms with E-state index in [1.165, 1.54) is 0 Å². The van der Waals surface area contributed by atoms with E-state index in [1.54, 1.807) is 4.57 Å². The zero-order chi connectivity index (χ0) is 14.8. The molecular weight excluding hydrogens is 266 g/mol. The molecule has 2 aromatic rings. The molecule has 0 saturated carbocycles. The van der Waals surface area contributed by atoms with Gasteiger partial charge in [-0.1, -0.05) is 12.1 Å². The van der Waals surface area contributed by atoms with Gasteiger partial charge in [0.15, 0.2) is 0 Å². The first-order valence-corrected chi connectivity index (χ1v) is 7.58. The maximum Gasteiger partial charge on any atom is 0.261 e. The summed E-state index contributed by atoms with van der Waals surface area (Å²) in [7, 11) is 0. The molecule has 5 nitrogen and oxygen atoms in total. The molecule has 1 aliphatic rings. The Hall–Kier alpha value is -1.72. The fourth-order valence-electron chi connectivity index (χ4n) is 3.04. The molecule has 1 aromatic heterocycles. The first kappa shape index (κ1) is 14.2. The van der Waals surface area contributed by atoms with Crippen LogP contribution in [0.25, 0.3) is 10.9 Å². The summed E-state index contributed by atoms with van der Waals surface area (Å²) in [6.07, 6.45) is 1.59.